The summed E-state index contributed by atoms with van der Waals surface area (Å²) in [5.74, 6) is 1.37. The Labute approximate surface area is 145 Å². The molecule has 122 valence electrons. The number of sulfonamides is 1. The fraction of sp³-hybridized carbons (Fsp3) is 0.250. The number of nitrogens with zero attached hydrogens (tertiary/aromatic N) is 1. The van der Waals surface area contributed by atoms with Crippen molar-refractivity contribution in [3.63, 3.8) is 0 Å². The molecular formula is C16H16ClNO3S2. The van der Waals surface area contributed by atoms with E-state index in [1.165, 1.54) is 4.31 Å². The Balaban J connectivity index is 1.96. The number of rotatable bonds is 4. The predicted molar refractivity (Wildman–Crippen MR) is 93.5 cm³/mol. The van der Waals surface area contributed by atoms with Gasteiger partial charge in [-0.3, -0.25) is 0 Å². The molecule has 1 heterocycles. The summed E-state index contributed by atoms with van der Waals surface area (Å²) in [5.41, 5.74) is 0.828. The van der Waals surface area contributed by atoms with E-state index in [1.54, 1.807) is 49.2 Å². The average molecular weight is 370 g/mol. The van der Waals surface area contributed by atoms with Crippen LogP contribution in [-0.2, 0) is 10.0 Å². The third kappa shape index (κ3) is 3.21. The Morgan fingerprint density at radius 3 is 2.52 bits per heavy atom. The Morgan fingerprint density at radius 1 is 1.17 bits per heavy atom. The minimum atomic E-state index is -3.58. The Bertz CT molecular complexity index is 793. The van der Waals surface area contributed by atoms with Gasteiger partial charge in [-0.15, -0.1) is 11.8 Å². The van der Waals surface area contributed by atoms with Crippen molar-refractivity contribution in [2.24, 2.45) is 0 Å². The van der Waals surface area contributed by atoms with Gasteiger partial charge in [0, 0.05) is 17.3 Å². The van der Waals surface area contributed by atoms with Crippen LogP contribution in [0.25, 0.3) is 0 Å². The zero-order chi connectivity index (χ0) is 16.4. The van der Waals surface area contributed by atoms with E-state index in [2.05, 4.69) is 0 Å². The maximum atomic E-state index is 13.0. The fourth-order valence-electron chi connectivity index (χ4n) is 2.50. The molecule has 0 aromatic heterocycles. The molecule has 1 fully saturated rings. The highest BCUT2D eigenvalue weighted by Crippen LogP contribution is 2.43. The first kappa shape index (κ1) is 16.6. The van der Waals surface area contributed by atoms with Crippen LogP contribution in [0.1, 0.15) is 10.9 Å². The predicted octanol–water partition coefficient (Wildman–Crippen LogP) is 3.78. The van der Waals surface area contributed by atoms with Gasteiger partial charge < -0.3 is 4.74 Å². The van der Waals surface area contributed by atoms with Crippen molar-refractivity contribution in [2.75, 3.05) is 19.4 Å². The van der Waals surface area contributed by atoms with Crippen LogP contribution in [0.4, 0.5) is 0 Å². The van der Waals surface area contributed by atoms with Crippen LogP contribution in [-0.4, -0.2) is 32.1 Å². The van der Waals surface area contributed by atoms with Gasteiger partial charge >= 0.3 is 0 Å². The molecular weight excluding hydrogens is 354 g/mol. The van der Waals surface area contributed by atoms with E-state index in [0.29, 0.717) is 17.3 Å². The quantitative estimate of drug-likeness (QED) is 0.822. The SMILES string of the molecule is COc1ccc(S(=O)(=O)N2CCSC2c2ccccc2Cl)cc1. The maximum absolute atomic E-state index is 13.0. The number of hydrogen-bond acceptors (Lipinski definition) is 4. The molecule has 1 aliphatic heterocycles. The number of benzene rings is 2. The molecule has 0 radical (unpaired) electrons. The van der Waals surface area contributed by atoms with E-state index in [4.69, 9.17) is 16.3 Å². The molecule has 0 saturated carbocycles. The first-order valence-corrected chi connectivity index (χ1v) is 9.92. The zero-order valence-corrected chi connectivity index (χ0v) is 14.9. The molecule has 3 rings (SSSR count). The summed E-state index contributed by atoms with van der Waals surface area (Å²) in [6.45, 7) is 0.467. The monoisotopic (exact) mass is 369 g/mol. The molecule has 1 unspecified atom stereocenters. The molecule has 4 nitrogen and oxygen atoms in total. The van der Waals surface area contributed by atoms with Crippen molar-refractivity contribution >= 4 is 33.4 Å². The van der Waals surface area contributed by atoms with Crippen molar-refractivity contribution in [3.05, 3.63) is 59.1 Å². The van der Waals surface area contributed by atoms with Gasteiger partial charge in [0.1, 0.15) is 5.75 Å². The number of halogens is 1. The minimum Gasteiger partial charge on any atom is -0.497 e. The van der Waals surface area contributed by atoms with Gasteiger partial charge in [-0.1, -0.05) is 29.8 Å². The molecule has 0 aliphatic carbocycles. The first-order chi connectivity index (χ1) is 11.0. The fourth-order valence-corrected chi connectivity index (χ4v) is 6.08. The van der Waals surface area contributed by atoms with Gasteiger partial charge in [-0.25, -0.2) is 8.42 Å². The van der Waals surface area contributed by atoms with Crippen LogP contribution in [0.3, 0.4) is 0 Å². The van der Waals surface area contributed by atoms with Crippen LogP contribution in [0.5, 0.6) is 5.75 Å². The molecule has 0 amide bonds. The second-order valence-corrected chi connectivity index (χ2v) is 8.52. The molecule has 0 spiro atoms. The topological polar surface area (TPSA) is 46.6 Å². The highest BCUT2D eigenvalue weighted by Gasteiger charge is 2.37. The van der Waals surface area contributed by atoms with Gasteiger partial charge in [0.15, 0.2) is 0 Å². The Hall–Kier alpha value is -1.21. The molecule has 0 bridgehead atoms. The van der Waals surface area contributed by atoms with Crippen molar-refractivity contribution in [1.29, 1.82) is 0 Å². The second kappa shape index (κ2) is 6.73. The van der Waals surface area contributed by atoms with E-state index in [1.807, 2.05) is 18.2 Å². The Morgan fingerprint density at radius 2 is 1.87 bits per heavy atom. The highest BCUT2D eigenvalue weighted by atomic mass is 35.5. The molecule has 1 saturated heterocycles. The summed E-state index contributed by atoms with van der Waals surface area (Å²) in [4.78, 5) is 0.262. The molecule has 0 N–H and O–H groups in total. The van der Waals surface area contributed by atoms with Crippen LogP contribution in [0.15, 0.2) is 53.4 Å². The van der Waals surface area contributed by atoms with Crippen LogP contribution in [0, 0.1) is 0 Å². The second-order valence-electron chi connectivity index (χ2n) is 5.04. The van der Waals surface area contributed by atoms with Crippen LogP contribution >= 0.6 is 23.4 Å². The number of ether oxygens (including phenoxy) is 1. The smallest absolute Gasteiger partial charge is 0.244 e. The summed E-state index contributed by atoms with van der Waals surface area (Å²) >= 11 is 7.84. The summed E-state index contributed by atoms with van der Waals surface area (Å²) in [6, 6.07) is 13.8. The lowest BCUT2D eigenvalue weighted by molar-refractivity contribution is 0.414. The minimum absolute atomic E-state index is 0.262. The third-order valence-electron chi connectivity index (χ3n) is 3.69. The largest absolute Gasteiger partial charge is 0.497 e. The summed E-state index contributed by atoms with van der Waals surface area (Å²) in [7, 11) is -2.03. The summed E-state index contributed by atoms with van der Waals surface area (Å²) < 4.78 is 32.5. The summed E-state index contributed by atoms with van der Waals surface area (Å²) in [5, 5.41) is 0.289. The lowest BCUT2D eigenvalue weighted by atomic mass is 10.2. The van der Waals surface area contributed by atoms with Gasteiger partial charge in [0.05, 0.1) is 17.4 Å². The van der Waals surface area contributed by atoms with Gasteiger partial charge in [0.25, 0.3) is 0 Å². The van der Waals surface area contributed by atoms with E-state index in [9.17, 15) is 8.42 Å². The summed E-state index contributed by atoms with van der Waals surface area (Å²) in [6.07, 6.45) is 0. The molecule has 2 aromatic rings. The molecule has 1 atom stereocenters. The van der Waals surface area contributed by atoms with Crippen molar-refractivity contribution in [3.8, 4) is 5.75 Å². The Kier molecular flexibility index (Phi) is 4.87. The number of hydrogen-bond donors (Lipinski definition) is 0. The van der Waals surface area contributed by atoms with Crippen LogP contribution in [0.2, 0.25) is 5.02 Å². The van der Waals surface area contributed by atoms with Gasteiger partial charge in [0.2, 0.25) is 10.0 Å². The standard InChI is InChI=1S/C16H16ClNO3S2/c1-21-12-6-8-13(9-7-12)23(19,20)18-10-11-22-16(18)14-4-2-3-5-15(14)17/h2-9,16H,10-11H2,1H3. The maximum Gasteiger partial charge on any atom is 0.244 e. The molecule has 2 aromatic carbocycles. The average Bonchev–Trinajstić information content (AvgIpc) is 3.05. The van der Waals surface area contributed by atoms with E-state index in [-0.39, 0.29) is 10.3 Å². The lowest BCUT2D eigenvalue weighted by Crippen LogP contribution is -2.30. The third-order valence-corrected chi connectivity index (χ3v) is 7.29. The lowest BCUT2D eigenvalue weighted by Gasteiger charge is -2.24. The normalized spacial score (nSPS) is 19.0. The van der Waals surface area contributed by atoms with Crippen LogP contribution < -0.4 is 4.74 Å². The van der Waals surface area contributed by atoms with Crippen molar-refractivity contribution < 1.29 is 13.2 Å². The highest BCUT2D eigenvalue weighted by molar-refractivity contribution is 8.01. The van der Waals surface area contributed by atoms with Gasteiger partial charge in [-0.2, -0.15) is 4.31 Å². The van der Waals surface area contributed by atoms with Gasteiger partial charge in [-0.05, 0) is 35.9 Å². The van der Waals surface area contributed by atoms with E-state index < -0.39 is 10.0 Å². The number of thioether (sulfide) groups is 1. The molecule has 7 heteroatoms. The van der Waals surface area contributed by atoms with Crippen molar-refractivity contribution in [1.82, 2.24) is 4.31 Å². The first-order valence-electron chi connectivity index (χ1n) is 7.06. The molecule has 23 heavy (non-hydrogen) atoms. The van der Waals surface area contributed by atoms with Crippen molar-refractivity contribution in [2.45, 2.75) is 10.3 Å². The zero-order valence-electron chi connectivity index (χ0n) is 12.5. The number of methoxy groups -OCH3 is 1. The van der Waals surface area contributed by atoms with E-state index >= 15 is 0 Å². The van der Waals surface area contributed by atoms with E-state index in [0.717, 1.165) is 11.3 Å². The molecule has 1 aliphatic rings.